The second-order valence-corrected chi connectivity index (χ2v) is 9.04. The Balaban J connectivity index is 2.00. The molecular formula is C26H29N5O2. The molecule has 7 heteroatoms. The lowest BCUT2D eigenvalue weighted by Crippen LogP contribution is -2.32. The Morgan fingerprint density at radius 2 is 1.94 bits per heavy atom. The number of carbonyl (C=O) groups is 1. The van der Waals surface area contributed by atoms with E-state index in [1.54, 1.807) is 46.3 Å². The van der Waals surface area contributed by atoms with Crippen LogP contribution in [-0.2, 0) is 4.79 Å². The minimum absolute atomic E-state index is 0.369. The summed E-state index contributed by atoms with van der Waals surface area (Å²) in [5.41, 5.74) is 8.44. The molecule has 1 aromatic carbocycles. The highest BCUT2D eigenvalue weighted by Crippen LogP contribution is 2.29. The van der Waals surface area contributed by atoms with Crippen molar-refractivity contribution in [2.24, 2.45) is 11.1 Å². The van der Waals surface area contributed by atoms with E-state index in [0.717, 1.165) is 27.6 Å². The summed E-state index contributed by atoms with van der Waals surface area (Å²) in [6.07, 6.45) is 6.54. The topological polar surface area (TPSA) is 128 Å². The van der Waals surface area contributed by atoms with E-state index in [9.17, 15) is 9.90 Å². The predicted octanol–water partition coefficient (Wildman–Crippen LogP) is 3.44. The Morgan fingerprint density at radius 1 is 1.24 bits per heavy atom. The molecule has 3 rings (SSSR count). The van der Waals surface area contributed by atoms with Gasteiger partial charge in [0, 0.05) is 53.4 Å². The third kappa shape index (κ3) is 5.68. The highest BCUT2D eigenvalue weighted by atomic mass is 16.3. The van der Waals surface area contributed by atoms with E-state index in [1.165, 1.54) is 6.21 Å². The SMILES string of the molecule is CC(C)(O)CN/C=C(\C=N)c1ccc(-c2cnc3[nH]ccc3c2C#CC(C)(C)C(N)=O)cc1. The van der Waals surface area contributed by atoms with Gasteiger partial charge in [-0.3, -0.25) is 4.79 Å². The molecule has 0 fully saturated rings. The lowest BCUT2D eigenvalue weighted by Gasteiger charge is -2.17. The van der Waals surface area contributed by atoms with Crippen LogP contribution in [0.3, 0.4) is 0 Å². The third-order valence-corrected chi connectivity index (χ3v) is 5.18. The van der Waals surface area contributed by atoms with Crippen LogP contribution in [0.5, 0.6) is 0 Å². The number of hydrogen-bond donors (Lipinski definition) is 5. The number of nitrogens with two attached hydrogens (primary N) is 1. The van der Waals surface area contributed by atoms with Gasteiger partial charge in [0.05, 0.1) is 5.60 Å². The molecule has 3 aromatic rings. The summed E-state index contributed by atoms with van der Waals surface area (Å²) in [5.74, 6) is 5.69. The van der Waals surface area contributed by atoms with Gasteiger partial charge in [0.25, 0.3) is 0 Å². The maximum absolute atomic E-state index is 11.7. The second-order valence-electron chi connectivity index (χ2n) is 9.04. The molecule has 2 aromatic heterocycles. The van der Waals surface area contributed by atoms with E-state index in [2.05, 4.69) is 27.1 Å². The van der Waals surface area contributed by atoms with Crippen LogP contribution in [0.2, 0.25) is 0 Å². The fraction of sp³-hybridized carbons (Fsp3) is 0.269. The quantitative estimate of drug-likeness (QED) is 0.283. The Labute approximate surface area is 193 Å². The second kappa shape index (κ2) is 9.31. The van der Waals surface area contributed by atoms with Gasteiger partial charge in [-0.15, -0.1) is 0 Å². The van der Waals surface area contributed by atoms with Gasteiger partial charge in [-0.1, -0.05) is 36.1 Å². The number of allylic oxidation sites excluding steroid dienone is 1. The number of carbonyl (C=O) groups excluding carboxylic acids is 1. The molecule has 33 heavy (non-hydrogen) atoms. The number of hydrogen-bond acceptors (Lipinski definition) is 5. The smallest absolute Gasteiger partial charge is 0.235 e. The van der Waals surface area contributed by atoms with Crippen molar-refractivity contribution in [2.75, 3.05) is 6.54 Å². The summed E-state index contributed by atoms with van der Waals surface area (Å²) in [6, 6.07) is 9.64. The van der Waals surface area contributed by atoms with Gasteiger partial charge in [-0.2, -0.15) is 0 Å². The highest BCUT2D eigenvalue weighted by Gasteiger charge is 2.22. The number of rotatable bonds is 7. The molecule has 6 N–H and O–H groups in total. The highest BCUT2D eigenvalue weighted by molar-refractivity contribution is 6.08. The van der Waals surface area contributed by atoms with Crippen molar-refractivity contribution in [3.63, 3.8) is 0 Å². The largest absolute Gasteiger partial charge is 0.389 e. The number of primary amides is 1. The summed E-state index contributed by atoms with van der Waals surface area (Å²) in [6.45, 7) is 7.20. The van der Waals surface area contributed by atoms with E-state index in [1.807, 2.05) is 30.3 Å². The number of amides is 1. The van der Waals surface area contributed by atoms with Crippen LogP contribution in [0.15, 0.2) is 48.9 Å². The van der Waals surface area contributed by atoms with Crippen LogP contribution < -0.4 is 11.1 Å². The lowest BCUT2D eigenvalue weighted by molar-refractivity contribution is -0.123. The van der Waals surface area contributed by atoms with Gasteiger partial charge >= 0.3 is 0 Å². The predicted molar refractivity (Wildman–Crippen MR) is 132 cm³/mol. The van der Waals surface area contributed by atoms with Crippen molar-refractivity contribution in [1.82, 2.24) is 15.3 Å². The number of H-pyrrole nitrogens is 1. The first-order valence-corrected chi connectivity index (χ1v) is 10.6. The van der Waals surface area contributed by atoms with Crippen LogP contribution in [0.4, 0.5) is 0 Å². The van der Waals surface area contributed by atoms with Gasteiger partial charge in [0.2, 0.25) is 5.91 Å². The van der Waals surface area contributed by atoms with E-state index in [-0.39, 0.29) is 0 Å². The molecule has 1 amide bonds. The zero-order valence-corrected chi connectivity index (χ0v) is 19.3. The zero-order chi connectivity index (χ0) is 24.2. The molecule has 7 nitrogen and oxygen atoms in total. The monoisotopic (exact) mass is 443 g/mol. The first kappa shape index (κ1) is 23.8. The molecule has 0 atom stereocenters. The van der Waals surface area contributed by atoms with Crippen molar-refractivity contribution in [1.29, 1.82) is 5.41 Å². The summed E-state index contributed by atoms with van der Waals surface area (Å²) < 4.78 is 0. The standard InChI is InChI=1S/C26H29N5O2/c1-25(2,24(28)32)11-9-20-21-10-12-30-23(21)31-15-22(20)18-7-5-17(6-8-18)19(13-27)14-29-16-26(3,4)33/h5-8,10,12-15,27,29,33H,16H2,1-4H3,(H2,28,32)(H,30,31)/b19-14+,27-13?. The van der Waals surface area contributed by atoms with Gasteiger partial charge in [0.1, 0.15) is 11.1 Å². The van der Waals surface area contributed by atoms with Crippen LogP contribution in [0, 0.1) is 22.7 Å². The number of aromatic amines is 1. The fourth-order valence-corrected chi connectivity index (χ4v) is 3.10. The summed E-state index contributed by atoms with van der Waals surface area (Å²) in [7, 11) is 0. The van der Waals surface area contributed by atoms with Gasteiger partial charge in [-0.25, -0.2) is 4.98 Å². The molecule has 170 valence electrons. The number of aliphatic hydroxyl groups is 1. The number of aromatic nitrogens is 2. The summed E-state index contributed by atoms with van der Waals surface area (Å²) >= 11 is 0. The first-order chi connectivity index (χ1) is 15.5. The normalized spacial score (nSPS) is 12.2. The fourth-order valence-electron chi connectivity index (χ4n) is 3.10. The van der Waals surface area contributed by atoms with Crippen LogP contribution in [0.1, 0.15) is 38.8 Å². The molecule has 2 heterocycles. The zero-order valence-electron chi connectivity index (χ0n) is 19.3. The third-order valence-electron chi connectivity index (χ3n) is 5.18. The molecule has 0 saturated carbocycles. The molecule has 0 saturated heterocycles. The molecule has 0 aliphatic rings. The summed E-state index contributed by atoms with van der Waals surface area (Å²) in [5, 5.41) is 21.5. The van der Waals surface area contributed by atoms with Crippen molar-refractivity contribution in [3.05, 3.63) is 60.1 Å². The summed E-state index contributed by atoms with van der Waals surface area (Å²) in [4.78, 5) is 19.3. The van der Waals surface area contributed by atoms with E-state index in [4.69, 9.17) is 11.1 Å². The Bertz CT molecular complexity index is 1270. The van der Waals surface area contributed by atoms with Crippen molar-refractivity contribution >= 4 is 28.7 Å². The molecule has 0 aliphatic carbocycles. The maximum Gasteiger partial charge on any atom is 0.235 e. The molecule has 0 bridgehead atoms. The molecular weight excluding hydrogens is 414 g/mol. The van der Waals surface area contributed by atoms with Crippen LogP contribution in [0.25, 0.3) is 27.7 Å². The van der Waals surface area contributed by atoms with Gasteiger partial charge in [-0.05, 0) is 44.9 Å². The minimum Gasteiger partial charge on any atom is -0.389 e. The maximum atomic E-state index is 11.7. The van der Waals surface area contributed by atoms with Gasteiger partial charge in [0.15, 0.2) is 0 Å². The number of benzene rings is 1. The van der Waals surface area contributed by atoms with Crippen molar-refractivity contribution in [2.45, 2.75) is 33.3 Å². The molecule has 0 radical (unpaired) electrons. The first-order valence-electron chi connectivity index (χ1n) is 10.6. The van der Waals surface area contributed by atoms with Crippen LogP contribution in [-0.4, -0.2) is 39.3 Å². The minimum atomic E-state index is -0.965. The molecule has 0 spiro atoms. The van der Waals surface area contributed by atoms with Gasteiger partial charge < -0.3 is 26.6 Å². The molecule has 0 unspecified atom stereocenters. The van der Waals surface area contributed by atoms with Crippen molar-refractivity contribution in [3.8, 4) is 23.0 Å². The van der Waals surface area contributed by atoms with Crippen LogP contribution >= 0.6 is 0 Å². The Morgan fingerprint density at radius 3 is 2.55 bits per heavy atom. The van der Waals surface area contributed by atoms with Crippen molar-refractivity contribution < 1.29 is 9.90 Å². The van der Waals surface area contributed by atoms with E-state index < -0.39 is 16.9 Å². The van der Waals surface area contributed by atoms with E-state index >= 15 is 0 Å². The number of fused-ring (bicyclic) bond motifs is 1. The van der Waals surface area contributed by atoms with E-state index in [0.29, 0.717) is 17.8 Å². The Kier molecular flexibility index (Phi) is 6.70. The number of pyridine rings is 1. The number of nitrogens with zero attached hydrogens (tertiary/aromatic N) is 1. The molecule has 0 aliphatic heterocycles. The number of nitrogens with one attached hydrogen (secondary N) is 3. The average molecular weight is 444 g/mol. The Hall–Kier alpha value is -3.89. The average Bonchev–Trinajstić information content (AvgIpc) is 3.23. The lowest BCUT2D eigenvalue weighted by atomic mass is 9.92.